The summed E-state index contributed by atoms with van der Waals surface area (Å²) < 4.78 is 0. The van der Waals surface area contributed by atoms with Crippen molar-refractivity contribution in [2.75, 3.05) is 6.26 Å². The van der Waals surface area contributed by atoms with Gasteiger partial charge in [-0.25, -0.2) is 5.43 Å². The smallest absolute Gasteiger partial charge is 0.267 e. The average Bonchev–Trinajstić information content (AvgIpc) is 2.50. The van der Waals surface area contributed by atoms with Gasteiger partial charge in [0.05, 0.1) is 16.3 Å². The van der Waals surface area contributed by atoms with Crippen LogP contribution >= 0.6 is 35.0 Å². The van der Waals surface area contributed by atoms with Gasteiger partial charge >= 0.3 is 0 Å². The van der Waals surface area contributed by atoms with Crippen LogP contribution in [0.4, 0.5) is 0 Å². The summed E-state index contributed by atoms with van der Waals surface area (Å²) in [6, 6.07) is 12.5. The fourth-order valence-corrected chi connectivity index (χ4v) is 2.26. The Bertz CT molecular complexity index is 672. The molecule has 3 nitrogen and oxygen atoms in total. The minimum absolute atomic E-state index is 0.334. The molecule has 2 rings (SSSR count). The minimum Gasteiger partial charge on any atom is -0.267 e. The number of hydrazone groups is 1. The third kappa shape index (κ3) is 4.49. The largest absolute Gasteiger partial charge is 0.271 e. The topological polar surface area (TPSA) is 41.5 Å². The van der Waals surface area contributed by atoms with E-state index in [9.17, 15) is 4.79 Å². The van der Waals surface area contributed by atoms with Gasteiger partial charge in [0, 0.05) is 10.5 Å². The van der Waals surface area contributed by atoms with Crippen LogP contribution in [0.3, 0.4) is 0 Å². The van der Waals surface area contributed by atoms with Gasteiger partial charge in [0.15, 0.2) is 0 Å². The van der Waals surface area contributed by atoms with Crippen LogP contribution in [-0.2, 0) is 0 Å². The first-order chi connectivity index (χ1) is 10.1. The van der Waals surface area contributed by atoms with Crippen molar-refractivity contribution in [2.45, 2.75) is 4.90 Å². The molecular weight excluding hydrogens is 327 g/mol. The maximum absolute atomic E-state index is 11.9. The quantitative estimate of drug-likeness (QED) is 0.507. The lowest BCUT2D eigenvalue weighted by Crippen LogP contribution is -2.17. The van der Waals surface area contributed by atoms with Gasteiger partial charge in [0.2, 0.25) is 0 Å². The maximum atomic E-state index is 11.9. The maximum Gasteiger partial charge on any atom is 0.271 e. The van der Waals surface area contributed by atoms with Crippen molar-refractivity contribution in [3.05, 3.63) is 63.6 Å². The second kappa shape index (κ2) is 7.50. The van der Waals surface area contributed by atoms with E-state index < -0.39 is 0 Å². The van der Waals surface area contributed by atoms with E-state index in [1.165, 1.54) is 11.0 Å². The normalized spacial score (nSPS) is 10.8. The van der Waals surface area contributed by atoms with Crippen molar-refractivity contribution in [1.29, 1.82) is 0 Å². The predicted octanol–water partition coefficient (Wildman–Crippen LogP) is 4.48. The number of benzene rings is 2. The van der Waals surface area contributed by atoms with Crippen LogP contribution in [0.2, 0.25) is 10.0 Å². The zero-order valence-corrected chi connectivity index (χ0v) is 13.5. The molecule has 0 atom stereocenters. The van der Waals surface area contributed by atoms with Crippen LogP contribution in [0, 0.1) is 0 Å². The molecule has 0 spiro atoms. The molecule has 0 bridgehead atoms. The van der Waals surface area contributed by atoms with Crippen molar-refractivity contribution in [3.63, 3.8) is 0 Å². The van der Waals surface area contributed by atoms with Crippen LogP contribution in [0.1, 0.15) is 15.9 Å². The molecule has 2 aromatic rings. The van der Waals surface area contributed by atoms with Crippen molar-refractivity contribution >= 4 is 47.1 Å². The van der Waals surface area contributed by atoms with Gasteiger partial charge in [0.1, 0.15) is 0 Å². The van der Waals surface area contributed by atoms with Gasteiger partial charge in [0.25, 0.3) is 5.91 Å². The van der Waals surface area contributed by atoms with Crippen LogP contribution in [0.25, 0.3) is 0 Å². The average molecular weight is 339 g/mol. The highest BCUT2D eigenvalue weighted by atomic mass is 35.5. The summed E-state index contributed by atoms with van der Waals surface area (Å²) in [6.07, 6.45) is 3.60. The third-order valence-electron chi connectivity index (χ3n) is 2.68. The van der Waals surface area contributed by atoms with E-state index in [1.54, 1.807) is 30.1 Å². The second-order valence-corrected chi connectivity index (χ2v) is 5.80. The molecule has 0 aliphatic carbocycles. The predicted molar refractivity (Wildman–Crippen MR) is 89.7 cm³/mol. The molecule has 0 saturated carbocycles. The van der Waals surface area contributed by atoms with Gasteiger partial charge in [-0.1, -0.05) is 35.3 Å². The number of thioether (sulfide) groups is 1. The van der Waals surface area contributed by atoms with Crippen molar-refractivity contribution in [2.24, 2.45) is 5.10 Å². The van der Waals surface area contributed by atoms with Gasteiger partial charge in [-0.05, 0) is 42.2 Å². The fraction of sp³-hybridized carbons (Fsp3) is 0.0667. The molecule has 0 heterocycles. The van der Waals surface area contributed by atoms with Gasteiger partial charge in [-0.15, -0.1) is 11.8 Å². The van der Waals surface area contributed by atoms with E-state index in [4.69, 9.17) is 23.2 Å². The van der Waals surface area contributed by atoms with Crippen molar-refractivity contribution in [1.82, 2.24) is 5.43 Å². The summed E-state index contributed by atoms with van der Waals surface area (Å²) in [5, 5.41) is 4.66. The van der Waals surface area contributed by atoms with Gasteiger partial charge < -0.3 is 0 Å². The van der Waals surface area contributed by atoms with Crippen LogP contribution in [-0.4, -0.2) is 18.4 Å². The monoisotopic (exact) mass is 338 g/mol. The van der Waals surface area contributed by atoms with Crippen LogP contribution in [0.15, 0.2) is 52.5 Å². The van der Waals surface area contributed by atoms with Gasteiger partial charge in [-0.2, -0.15) is 5.10 Å². The van der Waals surface area contributed by atoms with Gasteiger partial charge in [-0.3, -0.25) is 4.79 Å². The molecule has 1 N–H and O–H groups in total. The standard InChI is InChI=1S/C15H12Cl2N2OS/c1-21-12-5-2-10(3-6-12)9-18-19-15(20)11-4-7-13(16)14(17)8-11/h2-9H,1H3,(H,19,20). The lowest BCUT2D eigenvalue weighted by Gasteiger charge is -2.02. The fourth-order valence-electron chi connectivity index (χ4n) is 1.56. The van der Waals surface area contributed by atoms with E-state index in [1.807, 2.05) is 30.5 Å². The number of hydrogen-bond donors (Lipinski definition) is 1. The highest BCUT2D eigenvalue weighted by Crippen LogP contribution is 2.22. The van der Waals surface area contributed by atoms with E-state index in [2.05, 4.69) is 10.5 Å². The highest BCUT2D eigenvalue weighted by molar-refractivity contribution is 7.98. The molecule has 1 amide bonds. The molecule has 0 aliphatic heterocycles. The molecule has 0 aromatic heterocycles. The lowest BCUT2D eigenvalue weighted by molar-refractivity contribution is 0.0955. The van der Waals surface area contributed by atoms with Crippen molar-refractivity contribution < 1.29 is 4.79 Å². The first-order valence-electron chi connectivity index (χ1n) is 6.02. The number of nitrogens with one attached hydrogen (secondary N) is 1. The zero-order chi connectivity index (χ0) is 15.2. The van der Waals surface area contributed by atoms with E-state index in [0.717, 1.165) is 5.56 Å². The Labute approximate surface area is 137 Å². The SMILES string of the molecule is CSc1ccc(C=NNC(=O)c2ccc(Cl)c(Cl)c2)cc1. The molecule has 0 fully saturated rings. The summed E-state index contributed by atoms with van der Waals surface area (Å²) in [5.41, 5.74) is 3.75. The first kappa shape index (κ1) is 15.9. The molecule has 2 aromatic carbocycles. The van der Waals surface area contributed by atoms with Crippen molar-refractivity contribution in [3.8, 4) is 0 Å². The number of amides is 1. The number of carbonyl (C=O) groups excluding carboxylic acids is 1. The van der Waals surface area contributed by atoms with Crippen LogP contribution < -0.4 is 5.43 Å². The molecule has 0 aliphatic rings. The Hall–Kier alpha value is -1.49. The number of nitrogens with zero attached hydrogens (tertiary/aromatic N) is 1. The first-order valence-corrected chi connectivity index (χ1v) is 8.01. The Kier molecular flexibility index (Phi) is 5.67. The summed E-state index contributed by atoms with van der Waals surface area (Å²) in [6.45, 7) is 0. The van der Waals surface area contributed by atoms with E-state index in [0.29, 0.717) is 15.6 Å². The Morgan fingerprint density at radius 3 is 2.48 bits per heavy atom. The molecule has 0 radical (unpaired) electrons. The lowest BCUT2D eigenvalue weighted by atomic mass is 10.2. The van der Waals surface area contributed by atoms with Crippen LogP contribution in [0.5, 0.6) is 0 Å². The third-order valence-corrected chi connectivity index (χ3v) is 4.16. The molecule has 0 unspecified atom stereocenters. The number of carbonyl (C=O) groups is 1. The second-order valence-electron chi connectivity index (χ2n) is 4.10. The summed E-state index contributed by atoms with van der Waals surface area (Å²) in [7, 11) is 0. The number of halogens is 2. The molecule has 21 heavy (non-hydrogen) atoms. The minimum atomic E-state index is -0.342. The Morgan fingerprint density at radius 1 is 1.14 bits per heavy atom. The highest BCUT2D eigenvalue weighted by Gasteiger charge is 2.06. The summed E-state index contributed by atoms with van der Waals surface area (Å²) in [4.78, 5) is 13.0. The molecule has 0 saturated heterocycles. The molecular formula is C15H12Cl2N2OS. The summed E-state index contributed by atoms with van der Waals surface area (Å²) >= 11 is 13.3. The number of hydrogen-bond acceptors (Lipinski definition) is 3. The Morgan fingerprint density at radius 2 is 1.86 bits per heavy atom. The zero-order valence-electron chi connectivity index (χ0n) is 11.1. The molecule has 6 heteroatoms. The number of rotatable bonds is 4. The summed E-state index contributed by atoms with van der Waals surface area (Å²) in [5.74, 6) is -0.342. The van der Waals surface area contributed by atoms with E-state index in [-0.39, 0.29) is 5.91 Å². The van der Waals surface area contributed by atoms with E-state index >= 15 is 0 Å². The molecule has 108 valence electrons. The Balaban J connectivity index is 1.99.